The van der Waals surface area contributed by atoms with E-state index in [9.17, 15) is 13.2 Å². The minimum absolute atomic E-state index is 0.0869. The number of amides is 1. The fraction of sp³-hybridized carbons (Fsp3) is 0.333. The Morgan fingerprint density at radius 2 is 1.72 bits per heavy atom. The van der Waals surface area contributed by atoms with Crippen LogP contribution in [0.2, 0.25) is 0 Å². The maximum atomic E-state index is 12.8. The molecule has 0 saturated heterocycles. The summed E-state index contributed by atoms with van der Waals surface area (Å²) in [5.74, 6) is 6.03. The molecule has 3 N–H and O–H groups in total. The van der Waals surface area contributed by atoms with E-state index in [1.54, 1.807) is 60.9 Å². The van der Waals surface area contributed by atoms with Gasteiger partial charge in [0.05, 0.1) is 23.4 Å². The van der Waals surface area contributed by atoms with Crippen LogP contribution < -0.4 is 15.4 Å². The van der Waals surface area contributed by atoms with E-state index in [1.165, 1.54) is 12.1 Å². The van der Waals surface area contributed by atoms with Crippen molar-refractivity contribution in [2.45, 2.75) is 56.7 Å². The van der Waals surface area contributed by atoms with Crippen LogP contribution in [0, 0.1) is 11.8 Å². The molecule has 0 bridgehead atoms. The Bertz CT molecular complexity index is 1410. The third kappa shape index (κ3) is 9.01. The number of carbonyl (C=O) groups excluding carboxylic acids is 1. The number of hydrogen-bond donors (Lipinski definition) is 3. The van der Waals surface area contributed by atoms with E-state index < -0.39 is 15.6 Å². The Morgan fingerprint density at radius 3 is 2.31 bits per heavy atom. The number of benzene rings is 2. The molecule has 9 heteroatoms. The minimum Gasteiger partial charge on any atom is -0.361 e. The van der Waals surface area contributed by atoms with Crippen molar-refractivity contribution in [2.24, 2.45) is 0 Å². The van der Waals surface area contributed by atoms with Crippen LogP contribution in [0.25, 0.3) is 0 Å². The first-order chi connectivity index (χ1) is 18.5. The Balaban J connectivity index is 1.59. The standard InChI is InChI=1S/C30H36N4O4S/c1-6-30(4,38-22-29(2,3)31-5)18-17-23-11-15-27(16-12-23)39(36,37)33-20-24-9-13-25(14-10-24)28(35)34-26-8-7-19-32-21-26/h7-16,19,21,31,33H,6,20,22H2,1-5H3,(H,34,35). The fourth-order valence-corrected chi connectivity index (χ4v) is 4.25. The van der Waals surface area contributed by atoms with Crippen molar-refractivity contribution in [1.82, 2.24) is 15.0 Å². The largest absolute Gasteiger partial charge is 0.361 e. The number of pyridine rings is 1. The Morgan fingerprint density at radius 1 is 1.03 bits per heavy atom. The number of ether oxygens (including phenoxy) is 1. The third-order valence-electron chi connectivity index (χ3n) is 6.34. The van der Waals surface area contributed by atoms with Crippen LogP contribution in [0.5, 0.6) is 0 Å². The highest BCUT2D eigenvalue weighted by atomic mass is 32.2. The summed E-state index contributed by atoms with van der Waals surface area (Å²) in [5.41, 5.74) is 1.69. The Kier molecular flexibility index (Phi) is 10.0. The summed E-state index contributed by atoms with van der Waals surface area (Å²) in [6, 6.07) is 16.6. The molecule has 2 aromatic carbocycles. The molecule has 1 amide bonds. The number of likely N-dealkylation sites (N-methyl/N-ethyl adjacent to an activating group) is 1. The summed E-state index contributed by atoms with van der Waals surface area (Å²) in [6.07, 6.45) is 3.90. The molecule has 0 aliphatic heterocycles. The van der Waals surface area contributed by atoms with Crippen LogP contribution in [-0.2, 0) is 21.3 Å². The second-order valence-corrected chi connectivity index (χ2v) is 11.8. The van der Waals surface area contributed by atoms with Crippen molar-refractivity contribution < 1.29 is 17.9 Å². The summed E-state index contributed by atoms with van der Waals surface area (Å²) >= 11 is 0. The average molecular weight is 549 g/mol. The molecule has 3 rings (SSSR count). The summed E-state index contributed by atoms with van der Waals surface area (Å²) in [5, 5.41) is 5.98. The molecule has 206 valence electrons. The van der Waals surface area contributed by atoms with Crippen LogP contribution in [0.15, 0.2) is 78.0 Å². The lowest BCUT2D eigenvalue weighted by Crippen LogP contribution is -2.44. The molecular weight excluding hydrogens is 512 g/mol. The predicted molar refractivity (Wildman–Crippen MR) is 154 cm³/mol. The van der Waals surface area contributed by atoms with Gasteiger partial charge in [-0.25, -0.2) is 13.1 Å². The molecule has 8 nitrogen and oxygen atoms in total. The van der Waals surface area contributed by atoms with E-state index in [0.717, 1.165) is 5.56 Å². The topological polar surface area (TPSA) is 109 Å². The van der Waals surface area contributed by atoms with Crippen LogP contribution in [0.4, 0.5) is 5.69 Å². The number of aromatic nitrogens is 1. The number of nitrogens with zero attached hydrogens (tertiary/aromatic N) is 1. The van der Waals surface area contributed by atoms with Crippen LogP contribution in [0.3, 0.4) is 0 Å². The lowest BCUT2D eigenvalue weighted by molar-refractivity contribution is -0.0168. The van der Waals surface area contributed by atoms with Crippen LogP contribution in [-0.4, -0.2) is 44.1 Å². The lowest BCUT2D eigenvalue weighted by Gasteiger charge is -2.30. The average Bonchev–Trinajstić information content (AvgIpc) is 2.95. The molecule has 0 fully saturated rings. The van der Waals surface area contributed by atoms with Gasteiger partial charge in [-0.15, -0.1) is 0 Å². The van der Waals surface area contributed by atoms with Crippen molar-refractivity contribution in [2.75, 3.05) is 19.0 Å². The van der Waals surface area contributed by atoms with Gasteiger partial charge in [-0.05, 0) is 88.3 Å². The van der Waals surface area contributed by atoms with E-state index in [1.807, 2.05) is 20.9 Å². The second-order valence-electron chi connectivity index (χ2n) is 10.00. The van der Waals surface area contributed by atoms with E-state index in [0.29, 0.717) is 29.8 Å². The number of sulfonamides is 1. The normalized spacial score (nSPS) is 13.2. The van der Waals surface area contributed by atoms with Crippen molar-refractivity contribution >= 4 is 21.6 Å². The van der Waals surface area contributed by atoms with E-state index in [-0.39, 0.29) is 22.9 Å². The zero-order chi connectivity index (χ0) is 28.5. The van der Waals surface area contributed by atoms with E-state index in [2.05, 4.69) is 46.0 Å². The molecule has 39 heavy (non-hydrogen) atoms. The second kappa shape index (κ2) is 13.0. The molecule has 1 aromatic heterocycles. The Labute approximate surface area is 231 Å². The van der Waals surface area contributed by atoms with Crippen molar-refractivity contribution in [1.29, 1.82) is 0 Å². The highest BCUT2D eigenvalue weighted by Gasteiger charge is 2.24. The van der Waals surface area contributed by atoms with E-state index in [4.69, 9.17) is 4.74 Å². The highest BCUT2D eigenvalue weighted by Crippen LogP contribution is 2.18. The summed E-state index contributed by atoms with van der Waals surface area (Å²) in [4.78, 5) is 16.5. The lowest BCUT2D eigenvalue weighted by atomic mass is 10.0. The zero-order valence-corrected chi connectivity index (χ0v) is 23.9. The van der Waals surface area contributed by atoms with Crippen LogP contribution in [0.1, 0.15) is 55.6 Å². The first-order valence-corrected chi connectivity index (χ1v) is 14.2. The first-order valence-electron chi connectivity index (χ1n) is 12.7. The zero-order valence-electron chi connectivity index (χ0n) is 23.0. The maximum absolute atomic E-state index is 12.8. The molecule has 1 heterocycles. The van der Waals surface area contributed by atoms with Crippen molar-refractivity contribution in [3.8, 4) is 11.8 Å². The first kappa shape index (κ1) is 30.0. The van der Waals surface area contributed by atoms with Gasteiger partial charge in [0.1, 0.15) is 5.60 Å². The molecule has 0 aliphatic rings. The summed E-state index contributed by atoms with van der Waals surface area (Å²) in [6.45, 7) is 8.68. The number of rotatable bonds is 11. The third-order valence-corrected chi connectivity index (χ3v) is 7.76. The smallest absolute Gasteiger partial charge is 0.255 e. The fourth-order valence-electron chi connectivity index (χ4n) is 3.24. The van der Waals surface area contributed by atoms with Crippen molar-refractivity contribution in [3.63, 3.8) is 0 Å². The quantitative estimate of drug-likeness (QED) is 0.308. The van der Waals surface area contributed by atoms with Gasteiger partial charge in [0.15, 0.2) is 0 Å². The monoisotopic (exact) mass is 548 g/mol. The van der Waals surface area contributed by atoms with Gasteiger partial charge in [0.25, 0.3) is 5.91 Å². The SMILES string of the molecule is CCC(C)(C#Cc1ccc(S(=O)(=O)NCc2ccc(C(=O)Nc3cccnc3)cc2)cc1)OCC(C)(C)NC. The number of anilines is 1. The van der Waals surface area contributed by atoms with Gasteiger partial charge in [-0.3, -0.25) is 9.78 Å². The van der Waals surface area contributed by atoms with Crippen molar-refractivity contribution in [3.05, 3.63) is 89.7 Å². The minimum atomic E-state index is -3.73. The number of carbonyl (C=O) groups is 1. The molecule has 0 saturated carbocycles. The Hall–Kier alpha value is -3.55. The van der Waals surface area contributed by atoms with Gasteiger partial charge in [0, 0.05) is 29.4 Å². The highest BCUT2D eigenvalue weighted by molar-refractivity contribution is 7.89. The van der Waals surface area contributed by atoms with Crippen LogP contribution >= 0.6 is 0 Å². The number of hydrogen-bond acceptors (Lipinski definition) is 6. The summed E-state index contributed by atoms with van der Waals surface area (Å²) in [7, 11) is -1.84. The molecule has 1 unspecified atom stereocenters. The summed E-state index contributed by atoms with van der Waals surface area (Å²) < 4.78 is 34.3. The van der Waals surface area contributed by atoms with Gasteiger partial charge >= 0.3 is 0 Å². The number of nitrogens with one attached hydrogen (secondary N) is 3. The molecule has 0 aliphatic carbocycles. The predicted octanol–water partition coefficient (Wildman–Crippen LogP) is 4.35. The van der Waals surface area contributed by atoms with E-state index >= 15 is 0 Å². The molecule has 3 aromatic rings. The maximum Gasteiger partial charge on any atom is 0.255 e. The van der Waals surface area contributed by atoms with Gasteiger partial charge < -0.3 is 15.4 Å². The molecule has 1 atom stereocenters. The molecular formula is C30H36N4O4S. The van der Waals surface area contributed by atoms with Gasteiger partial charge in [-0.1, -0.05) is 30.9 Å². The van der Waals surface area contributed by atoms with Gasteiger partial charge in [-0.2, -0.15) is 0 Å². The molecule has 0 spiro atoms. The van der Waals surface area contributed by atoms with Gasteiger partial charge in [0.2, 0.25) is 10.0 Å². The molecule has 0 radical (unpaired) electrons.